The standard InChI is InChI=1S/C15H9ClO2/c16-12-6-3-5-11(9-17)15(12)14-8-10-4-1-2-7-13(10)18-14/h1-9H. The molecule has 3 aromatic rings. The van der Waals surface area contributed by atoms with Crippen LogP contribution in [0.2, 0.25) is 5.02 Å². The Morgan fingerprint density at radius 1 is 1.06 bits per heavy atom. The maximum absolute atomic E-state index is 11.1. The predicted octanol–water partition coefficient (Wildman–Crippen LogP) is 4.57. The van der Waals surface area contributed by atoms with Gasteiger partial charge in [0.2, 0.25) is 0 Å². The van der Waals surface area contributed by atoms with Crippen LogP contribution in [0.1, 0.15) is 10.4 Å². The van der Waals surface area contributed by atoms with E-state index in [-0.39, 0.29) is 0 Å². The highest BCUT2D eigenvalue weighted by Gasteiger charge is 2.13. The van der Waals surface area contributed by atoms with Gasteiger partial charge in [0.05, 0.1) is 5.02 Å². The summed E-state index contributed by atoms with van der Waals surface area (Å²) < 4.78 is 5.73. The van der Waals surface area contributed by atoms with Crippen LogP contribution < -0.4 is 0 Å². The van der Waals surface area contributed by atoms with Crippen molar-refractivity contribution >= 4 is 28.9 Å². The van der Waals surface area contributed by atoms with E-state index >= 15 is 0 Å². The monoisotopic (exact) mass is 256 g/mol. The lowest BCUT2D eigenvalue weighted by atomic mass is 10.1. The minimum atomic E-state index is 0.513. The molecule has 0 atom stereocenters. The molecular formula is C15H9ClO2. The Morgan fingerprint density at radius 3 is 2.67 bits per heavy atom. The molecule has 3 heteroatoms. The lowest BCUT2D eigenvalue weighted by Gasteiger charge is -2.03. The summed E-state index contributed by atoms with van der Waals surface area (Å²) >= 11 is 6.15. The largest absolute Gasteiger partial charge is 0.456 e. The van der Waals surface area contributed by atoms with Gasteiger partial charge >= 0.3 is 0 Å². The van der Waals surface area contributed by atoms with E-state index in [1.807, 2.05) is 30.3 Å². The second kappa shape index (κ2) is 4.31. The van der Waals surface area contributed by atoms with Crippen molar-refractivity contribution in [2.45, 2.75) is 0 Å². The number of para-hydroxylation sites is 1. The van der Waals surface area contributed by atoms with Crippen LogP contribution in [0.4, 0.5) is 0 Å². The highest BCUT2D eigenvalue weighted by atomic mass is 35.5. The second-order valence-electron chi connectivity index (χ2n) is 3.97. The Balaban J connectivity index is 2.29. The summed E-state index contributed by atoms with van der Waals surface area (Å²) in [6, 6.07) is 14.8. The molecule has 2 nitrogen and oxygen atoms in total. The maximum atomic E-state index is 11.1. The third-order valence-electron chi connectivity index (χ3n) is 2.84. The SMILES string of the molecule is O=Cc1cccc(Cl)c1-c1cc2ccccc2o1. The molecule has 3 rings (SSSR count). The summed E-state index contributed by atoms with van der Waals surface area (Å²) in [6.07, 6.45) is 0.786. The fourth-order valence-electron chi connectivity index (χ4n) is 2.00. The van der Waals surface area contributed by atoms with Crippen LogP contribution >= 0.6 is 11.6 Å². The second-order valence-corrected chi connectivity index (χ2v) is 4.38. The molecule has 0 aliphatic rings. The zero-order valence-corrected chi connectivity index (χ0v) is 10.1. The van der Waals surface area contributed by atoms with Crippen LogP contribution in [0.25, 0.3) is 22.3 Å². The quantitative estimate of drug-likeness (QED) is 0.629. The van der Waals surface area contributed by atoms with Crippen molar-refractivity contribution in [1.82, 2.24) is 0 Å². The van der Waals surface area contributed by atoms with E-state index in [2.05, 4.69) is 0 Å². The van der Waals surface area contributed by atoms with Gasteiger partial charge in [-0.15, -0.1) is 0 Å². The Kier molecular flexibility index (Phi) is 2.65. The van der Waals surface area contributed by atoms with E-state index in [1.165, 1.54) is 0 Å². The van der Waals surface area contributed by atoms with E-state index in [9.17, 15) is 4.79 Å². The van der Waals surface area contributed by atoms with E-state index in [4.69, 9.17) is 16.0 Å². The van der Waals surface area contributed by atoms with Gasteiger partial charge in [0.1, 0.15) is 11.3 Å². The molecule has 0 bridgehead atoms. The minimum absolute atomic E-state index is 0.513. The number of hydrogen-bond donors (Lipinski definition) is 0. The summed E-state index contributed by atoms with van der Waals surface area (Å²) in [6.45, 7) is 0. The average Bonchev–Trinajstić information content (AvgIpc) is 2.81. The van der Waals surface area contributed by atoms with Gasteiger partial charge in [-0.25, -0.2) is 0 Å². The van der Waals surface area contributed by atoms with Crippen molar-refractivity contribution in [3.63, 3.8) is 0 Å². The molecule has 18 heavy (non-hydrogen) atoms. The first-order valence-electron chi connectivity index (χ1n) is 5.52. The molecule has 1 aromatic heterocycles. The Hall–Kier alpha value is -2.06. The number of halogens is 1. The van der Waals surface area contributed by atoms with Gasteiger partial charge in [0.15, 0.2) is 6.29 Å². The van der Waals surface area contributed by atoms with Gasteiger partial charge in [-0.05, 0) is 18.2 Å². The molecule has 0 unspecified atom stereocenters. The number of carbonyl (C=O) groups is 1. The van der Waals surface area contributed by atoms with Gasteiger partial charge in [0, 0.05) is 16.5 Å². The number of rotatable bonds is 2. The molecule has 0 N–H and O–H groups in total. The highest BCUT2D eigenvalue weighted by molar-refractivity contribution is 6.33. The van der Waals surface area contributed by atoms with Gasteiger partial charge in [-0.1, -0.05) is 41.9 Å². The van der Waals surface area contributed by atoms with Gasteiger partial charge in [-0.2, -0.15) is 0 Å². The average molecular weight is 257 g/mol. The van der Waals surface area contributed by atoms with Crippen molar-refractivity contribution in [1.29, 1.82) is 0 Å². The molecule has 0 saturated heterocycles. The van der Waals surface area contributed by atoms with Crippen LogP contribution in [0.15, 0.2) is 52.9 Å². The van der Waals surface area contributed by atoms with Crippen LogP contribution in [-0.4, -0.2) is 6.29 Å². The van der Waals surface area contributed by atoms with Gasteiger partial charge < -0.3 is 4.42 Å². The molecule has 0 aliphatic carbocycles. The summed E-state index contributed by atoms with van der Waals surface area (Å²) in [5.41, 5.74) is 1.95. The lowest BCUT2D eigenvalue weighted by molar-refractivity contribution is 0.112. The first-order chi connectivity index (χ1) is 8.79. The van der Waals surface area contributed by atoms with Crippen molar-refractivity contribution in [3.8, 4) is 11.3 Å². The first kappa shape index (κ1) is 11.1. The molecule has 2 aromatic carbocycles. The van der Waals surface area contributed by atoms with E-state index < -0.39 is 0 Å². The van der Waals surface area contributed by atoms with Crippen LogP contribution in [0.5, 0.6) is 0 Å². The fourth-order valence-corrected chi connectivity index (χ4v) is 2.28. The zero-order valence-electron chi connectivity index (χ0n) is 9.39. The predicted molar refractivity (Wildman–Crippen MR) is 72.0 cm³/mol. The molecule has 0 amide bonds. The molecule has 88 valence electrons. The van der Waals surface area contributed by atoms with Crippen molar-refractivity contribution in [3.05, 3.63) is 59.1 Å². The van der Waals surface area contributed by atoms with Crippen LogP contribution in [0, 0.1) is 0 Å². The number of carbonyl (C=O) groups excluding carboxylic acids is 1. The van der Waals surface area contributed by atoms with Crippen LogP contribution in [0.3, 0.4) is 0 Å². The molecule has 0 saturated carbocycles. The first-order valence-corrected chi connectivity index (χ1v) is 5.90. The third-order valence-corrected chi connectivity index (χ3v) is 3.16. The number of aldehydes is 1. The van der Waals surface area contributed by atoms with Crippen molar-refractivity contribution < 1.29 is 9.21 Å². The summed E-state index contributed by atoms with van der Waals surface area (Å²) in [5, 5.41) is 1.50. The minimum Gasteiger partial charge on any atom is -0.456 e. The molecular weight excluding hydrogens is 248 g/mol. The fraction of sp³-hybridized carbons (Fsp3) is 0. The topological polar surface area (TPSA) is 30.2 Å². The van der Waals surface area contributed by atoms with E-state index in [0.717, 1.165) is 17.3 Å². The van der Waals surface area contributed by atoms with E-state index in [0.29, 0.717) is 21.9 Å². The zero-order chi connectivity index (χ0) is 12.5. The van der Waals surface area contributed by atoms with Gasteiger partial charge in [0.25, 0.3) is 0 Å². The summed E-state index contributed by atoms with van der Waals surface area (Å²) in [7, 11) is 0. The normalized spacial score (nSPS) is 10.7. The van der Waals surface area contributed by atoms with E-state index in [1.54, 1.807) is 18.2 Å². The third kappa shape index (κ3) is 1.71. The highest BCUT2D eigenvalue weighted by Crippen LogP contribution is 2.34. The number of fused-ring (bicyclic) bond motifs is 1. The lowest BCUT2D eigenvalue weighted by Crippen LogP contribution is -1.86. The molecule has 0 radical (unpaired) electrons. The van der Waals surface area contributed by atoms with Crippen molar-refractivity contribution in [2.24, 2.45) is 0 Å². The summed E-state index contributed by atoms with van der Waals surface area (Å²) in [4.78, 5) is 11.1. The smallest absolute Gasteiger partial charge is 0.150 e. The number of hydrogen-bond acceptors (Lipinski definition) is 2. The Morgan fingerprint density at radius 2 is 1.89 bits per heavy atom. The maximum Gasteiger partial charge on any atom is 0.150 e. The van der Waals surface area contributed by atoms with Crippen LogP contribution in [-0.2, 0) is 0 Å². The van der Waals surface area contributed by atoms with Gasteiger partial charge in [-0.3, -0.25) is 4.79 Å². The summed E-state index contributed by atoms with van der Waals surface area (Å²) in [5.74, 6) is 0.615. The molecule has 0 fully saturated rings. The molecule has 0 spiro atoms. The molecule has 0 aliphatic heterocycles. The Labute approximate surface area is 109 Å². The Bertz CT molecular complexity index is 695. The number of benzene rings is 2. The number of furan rings is 1. The molecule has 1 heterocycles. The van der Waals surface area contributed by atoms with Crippen molar-refractivity contribution in [2.75, 3.05) is 0 Å².